The van der Waals surface area contributed by atoms with E-state index >= 15 is 0 Å². The predicted molar refractivity (Wildman–Crippen MR) is 104 cm³/mol. The van der Waals surface area contributed by atoms with Crippen molar-refractivity contribution in [3.63, 3.8) is 0 Å². The van der Waals surface area contributed by atoms with Gasteiger partial charge in [0.25, 0.3) is 5.91 Å². The summed E-state index contributed by atoms with van der Waals surface area (Å²) in [5.41, 5.74) is 0.780. The highest BCUT2D eigenvalue weighted by Crippen LogP contribution is 2.38. The van der Waals surface area contributed by atoms with E-state index in [0.29, 0.717) is 34.2 Å². The van der Waals surface area contributed by atoms with Crippen LogP contribution < -0.4 is 5.32 Å². The van der Waals surface area contributed by atoms with Crippen LogP contribution in [-0.2, 0) is 0 Å². The highest BCUT2D eigenvalue weighted by molar-refractivity contribution is 14.1. The number of amides is 1. The fourth-order valence-electron chi connectivity index (χ4n) is 2.73. The number of hydrogen-bond donors (Lipinski definition) is 2. The predicted octanol–water partition coefficient (Wildman–Crippen LogP) is 3.60. The molecular weight excluding hydrogens is 456 g/mol. The van der Waals surface area contributed by atoms with Crippen LogP contribution in [0.15, 0.2) is 36.5 Å². The van der Waals surface area contributed by atoms with Gasteiger partial charge in [0.15, 0.2) is 0 Å². The molecule has 0 saturated carbocycles. The van der Waals surface area contributed by atoms with Gasteiger partial charge in [-0.25, -0.2) is 9.37 Å². The molecule has 0 aliphatic carbocycles. The Balaban J connectivity index is 1.77. The number of halogens is 2. The van der Waals surface area contributed by atoms with Gasteiger partial charge in [-0.05, 0) is 52.9 Å². The number of β-amino-alcohol motifs (C(OH)–C–C–N with tert-alkyl or cyclic N) is 1. The number of pyridine rings is 1. The first-order valence-electron chi connectivity index (χ1n) is 7.60. The molecular formula is C17H13FIN3O2S. The van der Waals surface area contributed by atoms with Gasteiger partial charge in [0.05, 0.1) is 17.4 Å². The number of thiophene rings is 1. The van der Waals surface area contributed by atoms with Crippen molar-refractivity contribution in [2.75, 3.05) is 18.4 Å². The number of carbonyl (C=O) groups excluding carboxylic acids is 1. The first-order valence-corrected chi connectivity index (χ1v) is 9.49. The average molecular weight is 469 g/mol. The minimum atomic E-state index is -0.475. The SMILES string of the molecule is O=C(c1c(Nc2ccc(I)cc2F)sc2ncccc12)N1CC(O)C1. The van der Waals surface area contributed by atoms with Crippen LogP contribution in [0.1, 0.15) is 10.4 Å². The molecule has 0 radical (unpaired) electrons. The highest BCUT2D eigenvalue weighted by atomic mass is 127. The summed E-state index contributed by atoms with van der Waals surface area (Å²) in [5.74, 6) is -0.562. The van der Waals surface area contributed by atoms with Crippen molar-refractivity contribution in [3.05, 3.63) is 51.5 Å². The van der Waals surface area contributed by atoms with Crippen LogP contribution in [0.25, 0.3) is 10.2 Å². The van der Waals surface area contributed by atoms with E-state index in [-0.39, 0.29) is 11.7 Å². The maximum absolute atomic E-state index is 14.2. The summed E-state index contributed by atoms with van der Waals surface area (Å²) >= 11 is 3.36. The molecule has 25 heavy (non-hydrogen) atoms. The molecule has 3 aromatic rings. The number of rotatable bonds is 3. The van der Waals surface area contributed by atoms with Gasteiger partial charge in [-0.2, -0.15) is 0 Å². The summed E-state index contributed by atoms with van der Waals surface area (Å²) in [6.07, 6.45) is 1.19. The Hall–Kier alpha value is -1.78. The van der Waals surface area contributed by atoms with Crippen molar-refractivity contribution in [1.82, 2.24) is 9.88 Å². The van der Waals surface area contributed by atoms with Crippen LogP contribution in [0.5, 0.6) is 0 Å². The molecule has 1 aromatic carbocycles. The van der Waals surface area contributed by atoms with Gasteiger partial charge in [0, 0.05) is 28.2 Å². The number of likely N-dealkylation sites (tertiary alicyclic amines) is 1. The Morgan fingerprint density at radius 1 is 1.40 bits per heavy atom. The second-order valence-electron chi connectivity index (χ2n) is 5.78. The van der Waals surface area contributed by atoms with Crippen molar-refractivity contribution in [2.45, 2.75) is 6.10 Å². The number of anilines is 2. The van der Waals surface area contributed by atoms with E-state index < -0.39 is 6.10 Å². The molecule has 0 atom stereocenters. The molecule has 2 N–H and O–H groups in total. The molecule has 3 heterocycles. The smallest absolute Gasteiger partial charge is 0.257 e. The quantitative estimate of drug-likeness (QED) is 0.576. The molecule has 5 nitrogen and oxygen atoms in total. The number of aliphatic hydroxyl groups is 1. The van der Waals surface area contributed by atoms with Gasteiger partial charge in [-0.15, -0.1) is 0 Å². The van der Waals surface area contributed by atoms with Gasteiger partial charge in [-0.1, -0.05) is 11.3 Å². The number of aliphatic hydroxyl groups excluding tert-OH is 1. The maximum atomic E-state index is 14.2. The average Bonchev–Trinajstić information content (AvgIpc) is 2.92. The lowest BCUT2D eigenvalue weighted by Gasteiger charge is -2.36. The van der Waals surface area contributed by atoms with Gasteiger partial charge in [0.1, 0.15) is 15.6 Å². The zero-order chi connectivity index (χ0) is 17.6. The number of carbonyl (C=O) groups is 1. The second kappa shape index (κ2) is 6.50. The van der Waals surface area contributed by atoms with E-state index in [2.05, 4.69) is 10.3 Å². The molecule has 2 aromatic heterocycles. The summed E-state index contributed by atoms with van der Waals surface area (Å²) in [6.45, 7) is 0.627. The number of nitrogens with one attached hydrogen (secondary N) is 1. The molecule has 128 valence electrons. The lowest BCUT2D eigenvalue weighted by Crippen LogP contribution is -2.53. The van der Waals surface area contributed by atoms with Crippen LogP contribution >= 0.6 is 33.9 Å². The Labute approximate surface area is 160 Å². The minimum Gasteiger partial charge on any atom is -0.389 e. The van der Waals surface area contributed by atoms with Crippen LogP contribution in [0.2, 0.25) is 0 Å². The molecule has 8 heteroatoms. The maximum Gasteiger partial charge on any atom is 0.257 e. The number of hydrogen-bond acceptors (Lipinski definition) is 5. The molecule has 0 unspecified atom stereocenters. The van der Waals surface area contributed by atoms with E-state index in [1.165, 1.54) is 17.4 Å². The van der Waals surface area contributed by atoms with Crippen LogP contribution in [-0.4, -0.2) is 40.1 Å². The Morgan fingerprint density at radius 2 is 2.20 bits per heavy atom. The van der Waals surface area contributed by atoms with Gasteiger partial charge >= 0.3 is 0 Å². The fraction of sp³-hybridized carbons (Fsp3) is 0.176. The largest absolute Gasteiger partial charge is 0.389 e. The zero-order valence-corrected chi connectivity index (χ0v) is 15.8. The van der Waals surface area contributed by atoms with E-state index in [0.717, 1.165) is 8.96 Å². The van der Waals surface area contributed by atoms with E-state index in [1.54, 1.807) is 29.3 Å². The third-order valence-corrected chi connectivity index (χ3v) is 5.71. The third-order valence-electron chi connectivity index (χ3n) is 4.01. The van der Waals surface area contributed by atoms with Crippen molar-refractivity contribution in [1.29, 1.82) is 0 Å². The first-order chi connectivity index (χ1) is 12.0. The summed E-state index contributed by atoms with van der Waals surface area (Å²) in [6, 6.07) is 8.48. The Bertz CT molecular complexity index is 972. The molecule has 1 saturated heterocycles. The normalized spacial score (nSPS) is 14.6. The van der Waals surface area contributed by atoms with E-state index in [1.807, 2.05) is 28.7 Å². The number of aromatic nitrogens is 1. The Morgan fingerprint density at radius 3 is 2.92 bits per heavy atom. The highest BCUT2D eigenvalue weighted by Gasteiger charge is 2.33. The lowest BCUT2D eigenvalue weighted by atomic mass is 10.1. The van der Waals surface area contributed by atoms with Crippen LogP contribution in [0, 0.1) is 9.39 Å². The summed E-state index contributed by atoms with van der Waals surface area (Å²) in [5, 5.41) is 13.8. The van der Waals surface area contributed by atoms with Crippen molar-refractivity contribution < 1.29 is 14.3 Å². The topological polar surface area (TPSA) is 65.5 Å². The molecule has 0 spiro atoms. The minimum absolute atomic E-state index is 0.182. The first kappa shape index (κ1) is 16.7. The van der Waals surface area contributed by atoms with Gasteiger partial charge < -0.3 is 15.3 Å². The lowest BCUT2D eigenvalue weighted by molar-refractivity contribution is 0.00612. The molecule has 1 amide bonds. The molecule has 4 rings (SSSR count). The standard InChI is InChI=1S/C17H13FIN3O2S/c18-12-6-9(19)3-4-13(12)21-16-14(17(24)22-7-10(23)8-22)11-2-1-5-20-15(11)25-16/h1-6,10,21,23H,7-8H2. The van der Waals surface area contributed by atoms with E-state index in [9.17, 15) is 14.3 Å². The molecule has 1 aliphatic heterocycles. The molecule has 1 aliphatic rings. The van der Waals surface area contributed by atoms with Crippen molar-refractivity contribution in [3.8, 4) is 0 Å². The monoisotopic (exact) mass is 469 g/mol. The Kier molecular flexibility index (Phi) is 4.34. The van der Waals surface area contributed by atoms with Gasteiger partial charge in [0.2, 0.25) is 0 Å². The molecule has 0 bridgehead atoms. The fourth-order valence-corrected chi connectivity index (χ4v) is 4.23. The van der Waals surface area contributed by atoms with Crippen LogP contribution in [0.3, 0.4) is 0 Å². The summed E-state index contributed by atoms with van der Waals surface area (Å²) < 4.78 is 15.0. The summed E-state index contributed by atoms with van der Waals surface area (Å²) in [4.78, 5) is 19.4. The zero-order valence-electron chi connectivity index (χ0n) is 12.9. The number of benzene rings is 1. The third kappa shape index (κ3) is 3.09. The van der Waals surface area contributed by atoms with Crippen molar-refractivity contribution in [2.24, 2.45) is 0 Å². The second-order valence-corrected chi connectivity index (χ2v) is 8.02. The van der Waals surface area contributed by atoms with Gasteiger partial charge in [-0.3, -0.25) is 4.79 Å². The summed E-state index contributed by atoms with van der Waals surface area (Å²) in [7, 11) is 0. The van der Waals surface area contributed by atoms with E-state index in [4.69, 9.17) is 0 Å². The number of nitrogens with zero attached hydrogens (tertiary/aromatic N) is 2. The molecule has 1 fully saturated rings. The van der Waals surface area contributed by atoms with Crippen molar-refractivity contribution >= 4 is 60.7 Å². The van der Waals surface area contributed by atoms with Crippen LogP contribution in [0.4, 0.5) is 15.1 Å². The number of fused-ring (bicyclic) bond motifs is 1.